The van der Waals surface area contributed by atoms with Crippen LogP contribution in [0.4, 0.5) is 4.39 Å². The van der Waals surface area contributed by atoms with Gasteiger partial charge in [0.25, 0.3) is 0 Å². The van der Waals surface area contributed by atoms with Gasteiger partial charge in [0, 0.05) is 23.8 Å². The molecule has 30 heavy (non-hydrogen) atoms. The van der Waals surface area contributed by atoms with Gasteiger partial charge < -0.3 is 19.0 Å². The maximum Gasteiger partial charge on any atom is 0.306 e. The minimum Gasteiger partial charge on any atom is -0.488 e. The number of furan rings is 1. The summed E-state index contributed by atoms with van der Waals surface area (Å²) in [6, 6.07) is 8.39. The Labute approximate surface area is 175 Å². The molecule has 3 rings (SSSR count). The highest BCUT2D eigenvalue weighted by atomic mass is 19.1. The Kier molecular flexibility index (Phi) is 7.11. The van der Waals surface area contributed by atoms with Crippen LogP contribution in [0.15, 0.2) is 34.7 Å². The number of halogens is 1. The van der Waals surface area contributed by atoms with Crippen LogP contribution in [0.5, 0.6) is 5.75 Å². The summed E-state index contributed by atoms with van der Waals surface area (Å²) in [5.41, 5.74) is 4.28. The number of aliphatic hydroxyl groups excluding tert-OH is 1. The molecule has 0 aliphatic heterocycles. The first-order chi connectivity index (χ1) is 14.4. The number of esters is 1. The molecule has 0 unspecified atom stereocenters. The van der Waals surface area contributed by atoms with Crippen molar-refractivity contribution in [3.8, 4) is 5.75 Å². The summed E-state index contributed by atoms with van der Waals surface area (Å²) in [7, 11) is 0. The lowest BCUT2D eigenvalue weighted by atomic mass is 9.99. The van der Waals surface area contributed by atoms with Crippen molar-refractivity contribution in [2.24, 2.45) is 0 Å². The van der Waals surface area contributed by atoms with Crippen LogP contribution in [0.3, 0.4) is 0 Å². The number of rotatable bonds is 9. The van der Waals surface area contributed by atoms with E-state index in [9.17, 15) is 9.18 Å². The summed E-state index contributed by atoms with van der Waals surface area (Å²) in [4.78, 5) is 11.6. The van der Waals surface area contributed by atoms with Gasteiger partial charge in [-0.25, -0.2) is 4.39 Å². The van der Waals surface area contributed by atoms with Gasteiger partial charge in [-0.1, -0.05) is 6.07 Å². The molecule has 1 heterocycles. The van der Waals surface area contributed by atoms with E-state index >= 15 is 0 Å². The molecule has 2 aromatic carbocycles. The molecule has 0 saturated heterocycles. The van der Waals surface area contributed by atoms with Crippen molar-refractivity contribution in [1.29, 1.82) is 0 Å². The van der Waals surface area contributed by atoms with E-state index in [0.717, 1.165) is 16.7 Å². The van der Waals surface area contributed by atoms with Gasteiger partial charge in [0.1, 0.15) is 29.5 Å². The molecule has 0 fully saturated rings. The predicted octanol–water partition coefficient (Wildman–Crippen LogP) is 4.80. The van der Waals surface area contributed by atoms with Crippen molar-refractivity contribution in [2.45, 2.75) is 46.6 Å². The lowest BCUT2D eigenvalue weighted by molar-refractivity contribution is -0.143. The highest BCUT2D eigenvalue weighted by Gasteiger charge is 2.14. The summed E-state index contributed by atoms with van der Waals surface area (Å²) in [5, 5.41) is 9.76. The van der Waals surface area contributed by atoms with Gasteiger partial charge in [-0.05, 0) is 68.1 Å². The van der Waals surface area contributed by atoms with Crippen LogP contribution in [0.25, 0.3) is 11.0 Å². The molecule has 0 radical (unpaired) electrons. The van der Waals surface area contributed by atoms with Crippen LogP contribution >= 0.6 is 0 Å². The van der Waals surface area contributed by atoms with E-state index in [1.54, 1.807) is 13.0 Å². The zero-order valence-electron chi connectivity index (χ0n) is 17.6. The second-order valence-electron chi connectivity index (χ2n) is 7.24. The van der Waals surface area contributed by atoms with Crippen LogP contribution in [0, 0.1) is 19.7 Å². The Bertz CT molecular complexity index is 1040. The maximum absolute atomic E-state index is 14.0. The molecule has 1 aromatic heterocycles. The summed E-state index contributed by atoms with van der Waals surface area (Å²) >= 11 is 0. The summed E-state index contributed by atoms with van der Waals surface area (Å²) in [6.07, 6.45) is 1.32. The van der Waals surface area contributed by atoms with Crippen molar-refractivity contribution >= 4 is 16.9 Å². The fraction of sp³-hybridized carbons (Fsp3) is 0.375. The zero-order chi connectivity index (χ0) is 21.7. The predicted molar refractivity (Wildman–Crippen MR) is 112 cm³/mol. The van der Waals surface area contributed by atoms with Crippen molar-refractivity contribution in [3.05, 3.63) is 64.2 Å². The quantitative estimate of drug-likeness (QED) is 0.510. The number of benzene rings is 2. The average Bonchev–Trinajstić information content (AvgIpc) is 3.11. The minimum absolute atomic E-state index is 0.0326. The Hall–Kier alpha value is -2.86. The van der Waals surface area contributed by atoms with Gasteiger partial charge in [0.2, 0.25) is 0 Å². The molecular weight excluding hydrogens is 387 g/mol. The first-order valence-electron chi connectivity index (χ1n) is 10.1. The SMILES string of the molecule is CCOC(=O)CCc1ccc(OCc2cc(F)cc3cc(CCO)oc23)c(C)c1C. The number of hydrogen-bond donors (Lipinski definition) is 1. The van der Waals surface area contributed by atoms with Crippen LogP contribution in [-0.4, -0.2) is 24.3 Å². The van der Waals surface area contributed by atoms with Gasteiger partial charge in [-0.3, -0.25) is 4.79 Å². The fourth-order valence-corrected chi connectivity index (χ4v) is 3.48. The van der Waals surface area contributed by atoms with Crippen molar-refractivity contribution in [1.82, 2.24) is 0 Å². The molecule has 0 atom stereocenters. The number of carbonyl (C=O) groups excluding carboxylic acids is 1. The highest BCUT2D eigenvalue weighted by molar-refractivity contribution is 5.81. The zero-order valence-corrected chi connectivity index (χ0v) is 17.6. The molecule has 0 bridgehead atoms. The summed E-state index contributed by atoms with van der Waals surface area (Å²) in [6.45, 7) is 6.26. The van der Waals surface area contributed by atoms with E-state index in [1.165, 1.54) is 12.1 Å². The largest absolute Gasteiger partial charge is 0.488 e. The van der Waals surface area contributed by atoms with Crippen molar-refractivity contribution < 1.29 is 28.2 Å². The monoisotopic (exact) mass is 414 g/mol. The summed E-state index contributed by atoms with van der Waals surface area (Å²) < 4.78 is 30.8. The number of aliphatic hydroxyl groups is 1. The van der Waals surface area contributed by atoms with Gasteiger partial charge in [-0.2, -0.15) is 0 Å². The van der Waals surface area contributed by atoms with Gasteiger partial charge in [0.15, 0.2) is 0 Å². The van der Waals surface area contributed by atoms with Gasteiger partial charge >= 0.3 is 5.97 Å². The van der Waals surface area contributed by atoms with E-state index in [1.807, 2.05) is 26.0 Å². The van der Waals surface area contributed by atoms with Crippen LogP contribution in [0.1, 0.15) is 41.4 Å². The Morgan fingerprint density at radius 3 is 2.63 bits per heavy atom. The van der Waals surface area contributed by atoms with E-state index in [4.69, 9.17) is 19.0 Å². The third-order valence-electron chi connectivity index (χ3n) is 5.20. The van der Waals surface area contributed by atoms with Crippen LogP contribution < -0.4 is 4.74 Å². The third kappa shape index (κ3) is 5.00. The maximum atomic E-state index is 14.0. The lowest BCUT2D eigenvalue weighted by Gasteiger charge is -2.15. The van der Waals surface area contributed by atoms with Crippen molar-refractivity contribution in [2.75, 3.05) is 13.2 Å². The van der Waals surface area contributed by atoms with Crippen LogP contribution in [-0.2, 0) is 29.0 Å². The molecule has 0 spiro atoms. The molecule has 160 valence electrons. The van der Waals surface area contributed by atoms with Crippen molar-refractivity contribution in [3.63, 3.8) is 0 Å². The number of fused-ring (bicyclic) bond motifs is 1. The molecule has 0 aliphatic carbocycles. The number of ether oxygens (including phenoxy) is 2. The van der Waals surface area contributed by atoms with E-state index in [2.05, 4.69) is 0 Å². The minimum atomic E-state index is -0.361. The first kappa shape index (κ1) is 21.8. The molecule has 0 saturated carbocycles. The molecule has 0 amide bonds. The van der Waals surface area contributed by atoms with E-state index in [0.29, 0.717) is 53.9 Å². The normalized spacial score (nSPS) is 11.1. The third-order valence-corrected chi connectivity index (χ3v) is 5.20. The topological polar surface area (TPSA) is 68.9 Å². The fourth-order valence-electron chi connectivity index (χ4n) is 3.48. The van der Waals surface area contributed by atoms with E-state index < -0.39 is 0 Å². The molecule has 3 aromatic rings. The molecule has 5 nitrogen and oxygen atoms in total. The first-order valence-corrected chi connectivity index (χ1v) is 10.1. The molecule has 0 aliphatic rings. The Morgan fingerprint density at radius 1 is 1.10 bits per heavy atom. The molecule has 1 N–H and O–H groups in total. The van der Waals surface area contributed by atoms with Gasteiger partial charge in [-0.15, -0.1) is 0 Å². The second kappa shape index (κ2) is 9.76. The smallest absolute Gasteiger partial charge is 0.306 e. The molecule has 6 heteroatoms. The standard InChI is InChI=1S/C24H27FO5/c1-4-28-23(27)8-6-17-5-7-22(16(3)15(17)2)29-14-19-12-20(25)11-18-13-21(9-10-26)30-24(18)19/h5,7,11-13,26H,4,6,8-10,14H2,1-3H3. The highest BCUT2D eigenvalue weighted by Crippen LogP contribution is 2.29. The Morgan fingerprint density at radius 2 is 1.90 bits per heavy atom. The molecular formula is C24H27FO5. The van der Waals surface area contributed by atoms with E-state index in [-0.39, 0.29) is 25.0 Å². The van der Waals surface area contributed by atoms with Crippen LogP contribution in [0.2, 0.25) is 0 Å². The lowest BCUT2D eigenvalue weighted by Crippen LogP contribution is -2.06. The number of carbonyl (C=O) groups is 1. The Balaban J connectivity index is 1.76. The second-order valence-corrected chi connectivity index (χ2v) is 7.24. The average molecular weight is 414 g/mol. The van der Waals surface area contributed by atoms with Gasteiger partial charge in [0.05, 0.1) is 13.2 Å². The number of aryl methyl sites for hydroxylation is 1. The summed E-state index contributed by atoms with van der Waals surface area (Å²) in [5.74, 6) is 0.743. The number of hydrogen-bond acceptors (Lipinski definition) is 5.